The summed E-state index contributed by atoms with van der Waals surface area (Å²) in [6.45, 7) is 0.765. The molecule has 0 bridgehead atoms. The molecule has 4 unspecified atom stereocenters. The van der Waals surface area contributed by atoms with E-state index in [1.165, 1.54) is 0 Å². The van der Waals surface area contributed by atoms with Gasteiger partial charge in [0.05, 0.1) is 16.7 Å². The van der Waals surface area contributed by atoms with Crippen LogP contribution in [-0.4, -0.2) is 38.6 Å². The van der Waals surface area contributed by atoms with Gasteiger partial charge in [0.25, 0.3) is 0 Å². The van der Waals surface area contributed by atoms with E-state index in [0.29, 0.717) is 5.75 Å². The Morgan fingerprint density at radius 2 is 2.35 bits per heavy atom. The van der Waals surface area contributed by atoms with Crippen molar-refractivity contribution in [1.82, 2.24) is 4.42 Å². The van der Waals surface area contributed by atoms with Gasteiger partial charge in [-0.05, 0) is 24.1 Å². The van der Waals surface area contributed by atoms with Crippen molar-refractivity contribution in [2.75, 3.05) is 12.3 Å². The highest BCUT2D eigenvalue weighted by atomic mass is 35.5. The third-order valence-electron chi connectivity index (χ3n) is 4.07. The van der Waals surface area contributed by atoms with E-state index in [-0.39, 0.29) is 22.6 Å². The second-order valence-corrected chi connectivity index (χ2v) is 6.58. The zero-order valence-corrected chi connectivity index (χ0v) is 10.8. The second kappa shape index (κ2) is 4.04. The molecule has 4 atom stereocenters. The van der Waals surface area contributed by atoms with Gasteiger partial charge >= 0.3 is 5.97 Å². The first-order chi connectivity index (χ1) is 8.15. The summed E-state index contributed by atoms with van der Waals surface area (Å²) >= 11 is 8.02. The van der Waals surface area contributed by atoms with Crippen molar-refractivity contribution >= 4 is 29.5 Å². The fourth-order valence-corrected chi connectivity index (χ4v) is 5.53. The van der Waals surface area contributed by atoms with E-state index in [1.54, 1.807) is 11.8 Å². The summed E-state index contributed by atoms with van der Waals surface area (Å²) in [6, 6.07) is 0.127. The smallest absolute Gasteiger partial charge is 0.307 e. The zero-order chi connectivity index (χ0) is 12.0. The molecule has 3 rings (SSSR count). The number of rotatable bonds is 1. The molecule has 2 saturated heterocycles. The van der Waals surface area contributed by atoms with E-state index in [4.69, 9.17) is 11.8 Å². The molecule has 0 aromatic heterocycles. The minimum Gasteiger partial charge on any atom is -0.481 e. The van der Waals surface area contributed by atoms with Crippen LogP contribution in [0.25, 0.3) is 0 Å². The van der Waals surface area contributed by atoms with E-state index in [9.17, 15) is 9.90 Å². The minimum atomic E-state index is -0.663. The number of allylic oxidation sites excluding steroid dienone is 2. The van der Waals surface area contributed by atoms with Gasteiger partial charge in [0.2, 0.25) is 0 Å². The lowest BCUT2D eigenvalue weighted by Crippen LogP contribution is -2.55. The number of hydrogen-bond donors (Lipinski definition) is 1. The van der Waals surface area contributed by atoms with E-state index in [0.717, 1.165) is 13.0 Å². The molecule has 1 spiro atoms. The zero-order valence-electron chi connectivity index (χ0n) is 9.25. The van der Waals surface area contributed by atoms with Crippen LogP contribution in [0.5, 0.6) is 0 Å². The monoisotopic (exact) mass is 271 g/mol. The van der Waals surface area contributed by atoms with Crippen LogP contribution in [0.3, 0.4) is 0 Å². The Balaban J connectivity index is 1.99. The molecule has 2 heterocycles. The third kappa shape index (κ3) is 1.58. The molecule has 1 N–H and O–H groups in total. The number of halogens is 1. The lowest BCUT2D eigenvalue weighted by Gasteiger charge is -2.47. The predicted octanol–water partition coefficient (Wildman–Crippen LogP) is 2.14. The maximum absolute atomic E-state index is 11.3. The van der Waals surface area contributed by atoms with Crippen molar-refractivity contribution < 1.29 is 9.90 Å². The number of thioether (sulfide) groups is 1. The lowest BCUT2D eigenvalue weighted by atomic mass is 9.72. The maximum Gasteiger partial charge on any atom is 0.307 e. The molecule has 0 aromatic rings. The summed E-state index contributed by atoms with van der Waals surface area (Å²) in [6.07, 6.45) is 9.14. The van der Waals surface area contributed by atoms with Crippen LogP contribution >= 0.6 is 23.5 Å². The highest BCUT2D eigenvalue weighted by Gasteiger charge is 2.57. The SMILES string of the molecule is O=C(O)C1CSC23C=CC=CC2N(Cl)CCC13. The maximum atomic E-state index is 11.3. The third-order valence-corrected chi connectivity index (χ3v) is 6.16. The van der Waals surface area contributed by atoms with E-state index in [1.807, 2.05) is 16.6 Å². The minimum absolute atomic E-state index is 0.127. The number of aliphatic carboxylic acids is 1. The molecule has 0 saturated carbocycles. The summed E-state index contributed by atoms with van der Waals surface area (Å²) in [5.41, 5.74) is 0. The fraction of sp³-hybridized carbons (Fsp3) is 0.583. The molecule has 0 aromatic carbocycles. The molecule has 92 valence electrons. The lowest BCUT2D eigenvalue weighted by molar-refractivity contribution is -0.143. The Morgan fingerprint density at radius 1 is 1.53 bits per heavy atom. The largest absolute Gasteiger partial charge is 0.481 e. The van der Waals surface area contributed by atoms with Gasteiger partial charge < -0.3 is 5.11 Å². The van der Waals surface area contributed by atoms with Gasteiger partial charge in [0, 0.05) is 12.3 Å². The van der Waals surface area contributed by atoms with Gasteiger partial charge in [-0.1, -0.05) is 24.3 Å². The van der Waals surface area contributed by atoms with Gasteiger partial charge in [-0.2, -0.15) is 0 Å². The molecule has 3 aliphatic rings. The van der Waals surface area contributed by atoms with Crippen LogP contribution in [-0.2, 0) is 4.79 Å². The first kappa shape index (κ1) is 11.6. The Morgan fingerprint density at radius 3 is 3.12 bits per heavy atom. The highest BCUT2D eigenvalue weighted by molar-refractivity contribution is 8.01. The summed E-state index contributed by atoms with van der Waals surface area (Å²) in [5.74, 6) is -0.00122. The molecular formula is C12H14ClNO2S. The normalized spacial score (nSPS) is 44.4. The number of carboxylic acids is 1. The number of nitrogens with zero attached hydrogens (tertiary/aromatic N) is 1. The Labute approximate surface area is 110 Å². The average Bonchev–Trinajstić information content (AvgIpc) is 2.68. The first-order valence-electron chi connectivity index (χ1n) is 5.80. The van der Waals surface area contributed by atoms with E-state index in [2.05, 4.69) is 12.2 Å². The Bertz CT molecular complexity index is 411. The molecule has 3 nitrogen and oxygen atoms in total. The molecule has 2 fully saturated rings. The molecule has 5 heteroatoms. The van der Waals surface area contributed by atoms with Gasteiger partial charge in [0.15, 0.2) is 0 Å². The van der Waals surface area contributed by atoms with E-state index < -0.39 is 5.97 Å². The van der Waals surface area contributed by atoms with Gasteiger partial charge in [-0.15, -0.1) is 11.8 Å². The van der Waals surface area contributed by atoms with Gasteiger partial charge in [-0.3, -0.25) is 4.79 Å². The summed E-state index contributed by atoms with van der Waals surface area (Å²) in [5, 5.41) is 9.30. The molecule has 0 amide bonds. The fourth-order valence-electron chi connectivity index (χ4n) is 3.26. The quantitative estimate of drug-likeness (QED) is 0.742. The van der Waals surface area contributed by atoms with Crippen LogP contribution in [0.4, 0.5) is 0 Å². The standard InChI is InChI=1S/C12H14ClNO2S/c13-14-6-4-9-8(11(15)16)7-17-12(9)5-2-1-3-10(12)14/h1-3,5,8-10H,4,6-7H2,(H,15,16). The van der Waals surface area contributed by atoms with Gasteiger partial charge in [0.1, 0.15) is 0 Å². The van der Waals surface area contributed by atoms with Crippen molar-refractivity contribution in [2.24, 2.45) is 11.8 Å². The van der Waals surface area contributed by atoms with Crippen LogP contribution in [0.2, 0.25) is 0 Å². The molecule has 0 radical (unpaired) electrons. The highest BCUT2D eigenvalue weighted by Crippen LogP contribution is 2.56. The Hall–Kier alpha value is -0.450. The topological polar surface area (TPSA) is 40.5 Å². The van der Waals surface area contributed by atoms with Crippen LogP contribution in [0.1, 0.15) is 6.42 Å². The van der Waals surface area contributed by atoms with Crippen molar-refractivity contribution in [3.05, 3.63) is 24.3 Å². The van der Waals surface area contributed by atoms with Crippen molar-refractivity contribution in [1.29, 1.82) is 0 Å². The molecular weight excluding hydrogens is 258 g/mol. The first-order valence-corrected chi connectivity index (χ1v) is 7.13. The van der Waals surface area contributed by atoms with Crippen LogP contribution in [0, 0.1) is 11.8 Å². The Kier molecular flexibility index (Phi) is 2.76. The number of carboxylic acid groups (broad SMARTS) is 1. The number of piperidine rings is 1. The summed E-state index contributed by atoms with van der Waals surface area (Å²) in [7, 11) is 0. The molecule has 2 aliphatic heterocycles. The molecule has 17 heavy (non-hydrogen) atoms. The van der Waals surface area contributed by atoms with Gasteiger partial charge in [-0.25, -0.2) is 4.42 Å². The van der Waals surface area contributed by atoms with Crippen molar-refractivity contribution in [3.8, 4) is 0 Å². The molecule has 1 aliphatic carbocycles. The van der Waals surface area contributed by atoms with E-state index >= 15 is 0 Å². The number of hydrogen-bond acceptors (Lipinski definition) is 3. The average molecular weight is 272 g/mol. The van der Waals surface area contributed by atoms with Crippen molar-refractivity contribution in [2.45, 2.75) is 17.2 Å². The van der Waals surface area contributed by atoms with Crippen molar-refractivity contribution in [3.63, 3.8) is 0 Å². The predicted molar refractivity (Wildman–Crippen MR) is 69.0 cm³/mol. The van der Waals surface area contributed by atoms with Crippen LogP contribution < -0.4 is 0 Å². The second-order valence-electron chi connectivity index (χ2n) is 4.82. The summed E-state index contributed by atoms with van der Waals surface area (Å²) < 4.78 is 1.70. The summed E-state index contributed by atoms with van der Waals surface area (Å²) in [4.78, 5) is 11.3. The number of carbonyl (C=O) groups is 1. The van der Waals surface area contributed by atoms with Crippen LogP contribution in [0.15, 0.2) is 24.3 Å².